The first-order valence-electron chi connectivity index (χ1n) is 6.90. The minimum Gasteiger partial charge on any atom is -0.311 e. The van der Waals surface area contributed by atoms with Gasteiger partial charge in [0, 0.05) is 34.9 Å². The van der Waals surface area contributed by atoms with Crippen LogP contribution < -0.4 is 5.32 Å². The number of nitrogens with zero attached hydrogens (tertiary/aromatic N) is 1. The highest BCUT2D eigenvalue weighted by molar-refractivity contribution is 7.84. The number of hydrogen-bond acceptors (Lipinski definition) is 3. The van der Waals surface area contributed by atoms with E-state index in [1.54, 1.807) is 6.26 Å². The minimum absolute atomic E-state index is 0.628. The second kappa shape index (κ2) is 8.22. The van der Waals surface area contributed by atoms with E-state index in [4.69, 9.17) is 0 Å². The van der Waals surface area contributed by atoms with Crippen LogP contribution in [0.4, 0.5) is 0 Å². The van der Waals surface area contributed by atoms with Gasteiger partial charge in [0.25, 0.3) is 0 Å². The van der Waals surface area contributed by atoms with Crippen molar-refractivity contribution in [2.24, 2.45) is 0 Å². The van der Waals surface area contributed by atoms with Gasteiger partial charge in [0.05, 0.1) is 0 Å². The Kier molecular flexibility index (Phi) is 7.32. The zero-order chi connectivity index (χ0) is 12.7. The lowest BCUT2D eigenvalue weighted by Gasteiger charge is -2.31. The predicted octanol–water partition coefficient (Wildman–Crippen LogP) is 1.61. The summed E-state index contributed by atoms with van der Waals surface area (Å²) in [6, 6.07) is 1.30. The van der Waals surface area contributed by atoms with Crippen LogP contribution >= 0.6 is 0 Å². The lowest BCUT2D eigenvalue weighted by Crippen LogP contribution is -2.44. The average Bonchev–Trinajstić information content (AvgIpc) is 2.26. The number of nitrogens with one attached hydrogen (secondary N) is 1. The van der Waals surface area contributed by atoms with Crippen LogP contribution in [-0.4, -0.2) is 52.8 Å². The fourth-order valence-electron chi connectivity index (χ4n) is 2.43. The van der Waals surface area contributed by atoms with Gasteiger partial charge in [0.15, 0.2) is 0 Å². The third-order valence-corrected chi connectivity index (χ3v) is 4.45. The van der Waals surface area contributed by atoms with Crippen LogP contribution in [0.3, 0.4) is 0 Å². The van der Waals surface area contributed by atoms with E-state index in [1.165, 1.54) is 32.4 Å². The van der Waals surface area contributed by atoms with Gasteiger partial charge in [-0.3, -0.25) is 4.21 Å². The molecule has 0 saturated carbocycles. The molecule has 1 aliphatic rings. The Bertz CT molecular complexity index is 235. The van der Waals surface area contributed by atoms with Crippen molar-refractivity contribution in [3.8, 4) is 0 Å². The van der Waals surface area contributed by atoms with Gasteiger partial charge in [-0.25, -0.2) is 0 Å². The smallest absolute Gasteiger partial charge is 0.0244 e. The fraction of sp³-hybridized carbons (Fsp3) is 1.00. The maximum atomic E-state index is 11.0. The molecular formula is C13H28N2OS. The Morgan fingerprint density at radius 1 is 1.35 bits per heavy atom. The van der Waals surface area contributed by atoms with Crippen molar-refractivity contribution in [3.63, 3.8) is 0 Å². The summed E-state index contributed by atoms with van der Waals surface area (Å²) >= 11 is 0. The van der Waals surface area contributed by atoms with E-state index in [0.717, 1.165) is 18.7 Å². The van der Waals surface area contributed by atoms with E-state index >= 15 is 0 Å². The van der Waals surface area contributed by atoms with E-state index in [2.05, 4.69) is 24.1 Å². The van der Waals surface area contributed by atoms with Crippen molar-refractivity contribution in [1.29, 1.82) is 0 Å². The lowest BCUT2D eigenvalue weighted by atomic mass is 10.1. The zero-order valence-corrected chi connectivity index (χ0v) is 12.4. The Labute approximate surface area is 109 Å². The second-order valence-corrected chi connectivity index (χ2v) is 6.78. The van der Waals surface area contributed by atoms with Gasteiger partial charge in [-0.2, -0.15) is 0 Å². The molecule has 0 amide bonds. The van der Waals surface area contributed by atoms with Crippen molar-refractivity contribution in [3.05, 3.63) is 0 Å². The molecule has 0 spiro atoms. The molecule has 4 heteroatoms. The first-order valence-corrected chi connectivity index (χ1v) is 8.63. The third kappa shape index (κ3) is 6.53. The van der Waals surface area contributed by atoms with Crippen LogP contribution in [0.25, 0.3) is 0 Å². The maximum Gasteiger partial charge on any atom is 0.0244 e. The summed E-state index contributed by atoms with van der Waals surface area (Å²) in [6.07, 6.45) is 6.56. The highest BCUT2D eigenvalue weighted by Crippen LogP contribution is 2.09. The van der Waals surface area contributed by atoms with Gasteiger partial charge in [0.2, 0.25) is 0 Å². The van der Waals surface area contributed by atoms with Crippen molar-refractivity contribution in [2.75, 3.05) is 31.6 Å². The van der Waals surface area contributed by atoms with Crippen LogP contribution in [0.2, 0.25) is 0 Å². The van der Waals surface area contributed by atoms with Crippen LogP contribution in [0, 0.1) is 0 Å². The van der Waals surface area contributed by atoms with Gasteiger partial charge in [-0.05, 0) is 52.2 Å². The van der Waals surface area contributed by atoms with Crippen LogP contribution in [0.15, 0.2) is 0 Å². The number of hydrogen-bond donors (Lipinski definition) is 1. The second-order valence-electron chi connectivity index (χ2n) is 5.22. The van der Waals surface area contributed by atoms with E-state index in [9.17, 15) is 4.21 Å². The molecule has 0 radical (unpaired) electrons. The first-order chi connectivity index (χ1) is 8.11. The van der Waals surface area contributed by atoms with Gasteiger partial charge < -0.3 is 10.2 Å². The summed E-state index contributed by atoms with van der Waals surface area (Å²) in [7, 11) is -0.632. The van der Waals surface area contributed by atoms with Crippen molar-refractivity contribution in [2.45, 2.75) is 51.6 Å². The Morgan fingerprint density at radius 2 is 2.06 bits per heavy atom. The summed E-state index contributed by atoms with van der Waals surface area (Å²) in [5, 5.41) is 3.69. The molecule has 0 aliphatic carbocycles. The van der Waals surface area contributed by atoms with Crippen LogP contribution in [0.1, 0.15) is 39.5 Å². The lowest BCUT2D eigenvalue weighted by molar-refractivity contribution is 0.213. The molecule has 1 N–H and O–H groups in total. The molecule has 3 nitrogen and oxygen atoms in total. The normalized spacial score (nSPS) is 29.6. The molecule has 0 aromatic carbocycles. The molecule has 1 saturated heterocycles. The van der Waals surface area contributed by atoms with Gasteiger partial charge in [-0.1, -0.05) is 6.92 Å². The molecular weight excluding hydrogens is 232 g/mol. The van der Waals surface area contributed by atoms with Gasteiger partial charge in [-0.15, -0.1) is 0 Å². The van der Waals surface area contributed by atoms with E-state index in [-0.39, 0.29) is 0 Å². The van der Waals surface area contributed by atoms with Crippen molar-refractivity contribution in [1.82, 2.24) is 10.2 Å². The van der Waals surface area contributed by atoms with Crippen molar-refractivity contribution >= 4 is 10.8 Å². The summed E-state index contributed by atoms with van der Waals surface area (Å²) in [5.41, 5.74) is 0. The molecule has 3 atom stereocenters. The fourth-order valence-corrected chi connectivity index (χ4v) is 2.97. The molecule has 3 unspecified atom stereocenters. The standard InChI is InChI=1S/C13H28N2OS/c1-4-13-7-10-15(8-5-11-17(3)16)9-6-12(2)14-13/h12-14H,4-11H2,1-3H3. The largest absolute Gasteiger partial charge is 0.311 e. The molecule has 0 aromatic heterocycles. The summed E-state index contributed by atoms with van der Waals surface area (Å²) in [6.45, 7) is 8.03. The van der Waals surface area contributed by atoms with E-state index in [0.29, 0.717) is 12.1 Å². The Balaban J connectivity index is 2.31. The highest BCUT2D eigenvalue weighted by atomic mass is 32.2. The topological polar surface area (TPSA) is 32.3 Å². The molecule has 1 rings (SSSR count). The summed E-state index contributed by atoms with van der Waals surface area (Å²) in [5.74, 6) is 0.849. The molecule has 1 aliphatic heterocycles. The van der Waals surface area contributed by atoms with E-state index in [1.807, 2.05) is 0 Å². The molecule has 1 heterocycles. The molecule has 0 bridgehead atoms. The Hall–Kier alpha value is 0.0700. The predicted molar refractivity (Wildman–Crippen MR) is 75.9 cm³/mol. The van der Waals surface area contributed by atoms with Gasteiger partial charge in [0.1, 0.15) is 0 Å². The quantitative estimate of drug-likeness (QED) is 0.815. The van der Waals surface area contributed by atoms with E-state index < -0.39 is 10.8 Å². The average molecular weight is 260 g/mol. The molecule has 0 aromatic rings. The monoisotopic (exact) mass is 260 g/mol. The van der Waals surface area contributed by atoms with Crippen LogP contribution in [-0.2, 0) is 10.8 Å². The van der Waals surface area contributed by atoms with Gasteiger partial charge >= 0.3 is 0 Å². The summed E-state index contributed by atoms with van der Waals surface area (Å²) < 4.78 is 11.0. The molecule has 102 valence electrons. The SMILES string of the molecule is CCC1CCN(CCCS(C)=O)CCC(C)N1. The third-order valence-electron chi connectivity index (χ3n) is 3.59. The minimum atomic E-state index is -0.632. The number of rotatable bonds is 5. The highest BCUT2D eigenvalue weighted by Gasteiger charge is 2.17. The summed E-state index contributed by atoms with van der Waals surface area (Å²) in [4.78, 5) is 2.55. The molecule has 17 heavy (non-hydrogen) atoms. The first kappa shape index (κ1) is 15.1. The van der Waals surface area contributed by atoms with Crippen molar-refractivity contribution < 1.29 is 4.21 Å². The maximum absolute atomic E-state index is 11.0. The molecule has 1 fully saturated rings. The zero-order valence-electron chi connectivity index (χ0n) is 11.6. The Morgan fingerprint density at radius 3 is 2.71 bits per heavy atom. The van der Waals surface area contributed by atoms with Crippen LogP contribution in [0.5, 0.6) is 0 Å².